The van der Waals surface area contributed by atoms with Gasteiger partial charge in [-0.05, 0) is 11.1 Å². The van der Waals surface area contributed by atoms with Gasteiger partial charge in [0.1, 0.15) is 0 Å². The van der Waals surface area contributed by atoms with Crippen molar-refractivity contribution >= 4 is 12.1 Å². The number of fused-ring (bicyclic) bond motifs is 1. The van der Waals surface area contributed by atoms with Crippen LogP contribution in [0.2, 0.25) is 0 Å². The predicted molar refractivity (Wildman–Crippen MR) is 106 cm³/mol. The number of hydrazine groups is 1. The summed E-state index contributed by atoms with van der Waals surface area (Å²) < 4.78 is 10.8. The fourth-order valence-corrected chi connectivity index (χ4v) is 4.40. The first-order chi connectivity index (χ1) is 14.7. The molecule has 2 aromatic rings. The van der Waals surface area contributed by atoms with Crippen molar-refractivity contribution in [3.63, 3.8) is 0 Å². The van der Waals surface area contributed by atoms with Crippen molar-refractivity contribution in [3.05, 3.63) is 71.8 Å². The summed E-state index contributed by atoms with van der Waals surface area (Å²) in [5.41, 5.74) is 1.80. The summed E-state index contributed by atoms with van der Waals surface area (Å²) in [4.78, 5) is 30.8. The van der Waals surface area contributed by atoms with E-state index in [1.54, 1.807) is 19.8 Å². The van der Waals surface area contributed by atoms with Crippen LogP contribution in [0.5, 0.6) is 0 Å². The largest absolute Gasteiger partial charge is 0.371 e. The van der Waals surface area contributed by atoms with Crippen molar-refractivity contribution in [1.82, 2.24) is 19.8 Å². The molecule has 4 atom stereocenters. The van der Waals surface area contributed by atoms with Gasteiger partial charge in [0.15, 0.2) is 12.3 Å². The van der Waals surface area contributed by atoms with Crippen LogP contribution in [0, 0.1) is 0 Å². The topological polar surface area (TPSA) is 72.2 Å². The second-order valence-corrected chi connectivity index (χ2v) is 8.04. The number of ether oxygens (including phenoxy) is 2. The Bertz CT molecular complexity index is 884. The summed E-state index contributed by atoms with van der Waals surface area (Å²) in [6, 6.07) is 19.1. The van der Waals surface area contributed by atoms with E-state index in [9.17, 15) is 9.59 Å². The zero-order valence-electron chi connectivity index (χ0n) is 16.3. The van der Waals surface area contributed by atoms with Crippen LogP contribution < -0.4 is 0 Å². The molecular formula is C22H22N4O4. The Hall–Kier alpha value is -3.10. The highest BCUT2D eigenvalue weighted by Crippen LogP contribution is 2.46. The molecule has 154 valence electrons. The molecule has 0 aromatic heterocycles. The Morgan fingerprint density at radius 1 is 0.667 bits per heavy atom. The van der Waals surface area contributed by atoms with Gasteiger partial charge in [-0.25, -0.2) is 19.6 Å². The van der Waals surface area contributed by atoms with Gasteiger partial charge in [-0.2, -0.15) is 0 Å². The summed E-state index contributed by atoms with van der Waals surface area (Å²) in [6.45, 7) is 2.22. The van der Waals surface area contributed by atoms with Crippen LogP contribution in [0.1, 0.15) is 23.5 Å². The summed E-state index contributed by atoms with van der Waals surface area (Å²) in [5.74, 6) is 0. The van der Waals surface area contributed by atoms with Gasteiger partial charge in [-0.3, -0.25) is 9.80 Å². The van der Waals surface area contributed by atoms with Gasteiger partial charge in [-0.1, -0.05) is 60.7 Å². The number of benzene rings is 2. The van der Waals surface area contributed by atoms with Gasteiger partial charge in [0.25, 0.3) is 0 Å². The summed E-state index contributed by atoms with van der Waals surface area (Å²) in [6.07, 6.45) is -0.927. The summed E-state index contributed by atoms with van der Waals surface area (Å²) >= 11 is 0. The second-order valence-electron chi connectivity index (χ2n) is 8.04. The maximum Gasteiger partial charge on any atom is 0.343 e. The van der Waals surface area contributed by atoms with Crippen LogP contribution in [-0.4, -0.2) is 70.4 Å². The van der Waals surface area contributed by atoms with E-state index in [0.29, 0.717) is 26.3 Å². The van der Waals surface area contributed by atoms with Crippen molar-refractivity contribution in [2.45, 2.75) is 24.5 Å². The van der Waals surface area contributed by atoms with Crippen LogP contribution in [0.4, 0.5) is 9.59 Å². The van der Waals surface area contributed by atoms with Crippen LogP contribution in [0.3, 0.4) is 0 Å². The predicted octanol–water partition coefficient (Wildman–Crippen LogP) is 2.57. The van der Waals surface area contributed by atoms with E-state index >= 15 is 0 Å². The highest BCUT2D eigenvalue weighted by atomic mass is 16.6. The Labute approximate surface area is 174 Å². The van der Waals surface area contributed by atoms with Gasteiger partial charge in [0.05, 0.1) is 38.5 Å². The average molecular weight is 406 g/mol. The van der Waals surface area contributed by atoms with Gasteiger partial charge < -0.3 is 9.47 Å². The average Bonchev–Trinajstić information content (AvgIpc) is 3.70. The molecule has 0 saturated carbocycles. The van der Waals surface area contributed by atoms with E-state index in [4.69, 9.17) is 9.47 Å². The Kier molecular flexibility index (Phi) is 3.97. The lowest BCUT2D eigenvalue weighted by molar-refractivity contribution is 0.0504. The molecular weight excluding hydrogens is 384 g/mol. The Morgan fingerprint density at radius 3 is 1.37 bits per heavy atom. The number of urea groups is 2. The van der Waals surface area contributed by atoms with E-state index < -0.39 is 12.3 Å². The summed E-state index contributed by atoms with van der Waals surface area (Å²) in [5, 5.41) is 3.22. The zero-order chi connectivity index (χ0) is 20.2. The first kappa shape index (κ1) is 17.7. The molecule has 4 amide bonds. The molecule has 6 rings (SSSR count). The first-order valence-electron chi connectivity index (χ1n) is 10.2. The van der Waals surface area contributed by atoms with Gasteiger partial charge in [0, 0.05) is 0 Å². The zero-order valence-corrected chi connectivity index (χ0v) is 16.3. The fourth-order valence-electron chi connectivity index (χ4n) is 4.40. The molecule has 4 aliphatic rings. The van der Waals surface area contributed by atoms with Crippen molar-refractivity contribution in [3.8, 4) is 0 Å². The van der Waals surface area contributed by atoms with E-state index in [2.05, 4.69) is 0 Å². The van der Waals surface area contributed by atoms with E-state index in [1.807, 2.05) is 60.7 Å². The minimum Gasteiger partial charge on any atom is -0.371 e. The molecule has 8 heteroatoms. The van der Waals surface area contributed by atoms with Gasteiger partial charge >= 0.3 is 12.1 Å². The number of carbonyl (C=O) groups is 2. The second kappa shape index (κ2) is 6.72. The highest BCUT2D eigenvalue weighted by Gasteiger charge is 2.59. The number of epoxide rings is 2. The third kappa shape index (κ3) is 2.83. The number of nitrogens with zero attached hydrogens (tertiary/aromatic N) is 4. The molecule has 0 bridgehead atoms. The first-order valence-corrected chi connectivity index (χ1v) is 10.2. The van der Waals surface area contributed by atoms with Crippen LogP contribution in [-0.2, 0) is 9.47 Å². The van der Waals surface area contributed by atoms with E-state index in [1.165, 1.54) is 0 Å². The van der Waals surface area contributed by atoms with Crippen LogP contribution >= 0.6 is 0 Å². The molecule has 0 N–H and O–H groups in total. The SMILES string of the molecule is O=C1N(C[C@@H]2CO2)[C@H](c2ccccc2)N2C(=O)N(C[C@H]3CO3)[C@@H](c3ccccc3)N12. The third-order valence-electron chi connectivity index (χ3n) is 5.97. The molecule has 2 aromatic carbocycles. The molecule has 0 unspecified atom stereocenters. The maximum atomic E-state index is 13.7. The molecule has 4 fully saturated rings. The number of amides is 4. The number of hydrogen-bond donors (Lipinski definition) is 0. The molecule has 0 aliphatic carbocycles. The minimum atomic E-state index is -0.494. The lowest BCUT2D eigenvalue weighted by Crippen LogP contribution is -2.42. The minimum absolute atomic E-state index is 0.0302. The fraction of sp³-hybridized carbons (Fsp3) is 0.364. The Morgan fingerprint density at radius 2 is 1.03 bits per heavy atom. The number of rotatable bonds is 6. The lowest BCUT2D eigenvalue weighted by Gasteiger charge is -2.29. The molecule has 30 heavy (non-hydrogen) atoms. The lowest BCUT2D eigenvalue weighted by atomic mass is 10.1. The van der Waals surface area contributed by atoms with Crippen molar-refractivity contribution in [2.75, 3.05) is 26.3 Å². The molecule has 4 aliphatic heterocycles. The molecule has 4 heterocycles. The van der Waals surface area contributed by atoms with E-state index in [0.717, 1.165) is 11.1 Å². The summed E-state index contributed by atoms with van der Waals surface area (Å²) in [7, 11) is 0. The normalized spacial score (nSPS) is 29.6. The third-order valence-corrected chi connectivity index (χ3v) is 5.97. The van der Waals surface area contributed by atoms with Crippen molar-refractivity contribution in [1.29, 1.82) is 0 Å². The Balaban J connectivity index is 1.44. The maximum absolute atomic E-state index is 13.7. The molecule has 0 radical (unpaired) electrons. The molecule has 8 nitrogen and oxygen atoms in total. The van der Waals surface area contributed by atoms with Crippen LogP contribution in [0.25, 0.3) is 0 Å². The van der Waals surface area contributed by atoms with Crippen molar-refractivity contribution in [2.24, 2.45) is 0 Å². The molecule has 4 saturated heterocycles. The van der Waals surface area contributed by atoms with Crippen molar-refractivity contribution < 1.29 is 19.1 Å². The standard InChI is InChI=1S/C22H22N4O4/c27-21-23(11-17-13-29-17)19(15-7-3-1-4-8-15)25-22(28)24(12-18-14-30-18)20(26(21)25)16-9-5-2-6-10-16/h1-10,17-20H,11-14H2/t17-,18+,19+,20-. The van der Waals surface area contributed by atoms with Crippen LogP contribution in [0.15, 0.2) is 60.7 Å². The van der Waals surface area contributed by atoms with Gasteiger partial charge in [-0.15, -0.1) is 0 Å². The smallest absolute Gasteiger partial charge is 0.343 e. The monoisotopic (exact) mass is 406 g/mol. The number of hydrogen-bond acceptors (Lipinski definition) is 4. The molecule has 0 spiro atoms. The highest BCUT2D eigenvalue weighted by molar-refractivity contribution is 5.88. The van der Waals surface area contributed by atoms with Gasteiger partial charge in [0.2, 0.25) is 0 Å². The quantitative estimate of drug-likeness (QED) is 0.692. The number of carbonyl (C=O) groups excluding carboxylic acids is 2. The van der Waals surface area contributed by atoms with E-state index in [-0.39, 0.29) is 24.3 Å².